The molecule has 96 valence electrons. The molecule has 0 saturated heterocycles. The average molecular weight is 261 g/mol. The first kappa shape index (κ1) is 12.0. The number of aromatic nitrogens is 2. The largest absolute Gasteiger partial charge is 0.345 e. The van der Waals surface area contributed by atoms with Crippen LogP contribution in [0.5, 0.6) is 0 Å². The third kappa shape index (κ3) is 1.83. The van der Waals surface area contributed by atoms with E-state index in [2.05, 4.69) is 58.5 Å². The summed E-state index contributed by atoms with van der Waals surface area (Å²) in [6, 6.07) is 17.0. The summed E-state index contributed by atoms with van der Waals surface area (Å²) in [5, 5.41) is 5.04. The summed E-state index contributed by atoms with van der Waals surface area (Å²) in [5.41, 5.74) is 14.4. The van der Waals surface area contributed by atoms with Gasteiger partial charge in [-0.25, -0.2) is 4.98 Å². The van der Waals surface area contributed by atoms with Gasteiger partial charge in [-0.05, 0) is 32.7 Å². The van der Waals surface area contributed by atoms with Crippen LogP contribution in [0.25, 0.3) is 43.0 Å². The van der Waals surface area contributed by atoms with Crippen molar-refractivity contribution in [3.63, 3.8) is 0 Å². The maximum atomic E-state index is 6.86. The van der Waals surface area contributed by atoms with Gasteiger partial charge in [0.15, 0.2) is 0 Å². The lowest BCUT2D eigenvalue weighted by atomic mass is 10.0. The molecule has 0 aliphatic rings. The molecule has 4 rings (SSSR count). The number of H-pyrrole nitrogens is 1. The minimum absolute atomic E-state index is 1.05. The Morgan fingerprint density at radius 3 is 2.55 bits per heavy atom. The molecule has 1 heterocycles. The Hall–Kier alpha value is -3.04. The highest BCUT2D eigenvalue weighted by molar-refractivity contribution is 6.15. The van der Waals surface area contributed by atoms with Gasteiger partial charge in [-0.3, -0.25) is 0 Å². The standard InChI is InChI=1S/C15H10N2.HN3/c1-2-4-11-10(3-1)5-6-13-12(11)7-8-14-15(13)17-9-16-14;1-3-2/h1-9H,(H,16,17);1H. The number of benzene rings is 3. The number of hydrogen-bond acceptors (Lipinski definition) is 2. The minimum atomic E-state index is 1.05. The van der Waals surface area contributed by atoms with E-state index in [0.29, 0.717) is 0 Å². The molecule has 3 aromatic carbocycles. The van der Waals surface area contributed by atoms with Crippen LogP contribution in [0, 0.1) is 5.53 Å². The fourth-order valence-corrected chi connectivity index (χ4v) is 2.49. The zero-order chi connectivity index (χ0) is 13.9. The van der Waals surface area contributed by atoms with Crippen LogP contribution in [-0.2, 0) is 0 Å². The first-order valence-electron chi connectivity index (χ1n) is 6.09. The van der Waals surface area contributed by atoms with Crippen LogP contribution in [0.4, 0.5) is 0 Å². The van der Waals surface area contributed by atoms with Crippen molar-refractivity contribution in [3.8, 4) is 0 Å². The van der Waals surface area contributed by atoms with Crippen molar-refractivity contribution in [2.24, 2.45) is 0 Å². The summed E-state index contributed by atoms with van der Waals surface area (Å²) in [7, 11) is 0. The quantitative estimate of drug-likeness (QED) is 0.203. The molecule has 0 amide bonds. The molecule has 0 bridgehead atoms. The fraction of sp³-hybridized carbons (Fsp3) is 0. The molecular weight excluding hydrogens is 250 g/mol. The van der Waals surface area contributed by atoms with Crippen LogP contribution < -0.4 is 0 Å². The van der Waals surface area contributed by atoms with Crippen molar-refractivity contribution in [2.45, 2.75) is 0 Å². The Bertz CT molecular complexity index is 933. The van der Waals surface area contributed by atoms with E-state index in [1.54, 1.807) is 11.2 Å². The number of imidazole rings is 1. The maximum absolute atomic E-state index is 6.86. The zero-order valence-corrected chi connectivity index (χ0v) is 10.5. The lowest BCUT2D eigenvalue weighted by Gasteiger charge is -2.03. The number of nitrogens with one attached hydrogen (secondary N) is 2. The Balaban J connectivity index is 0.000000373. The van der Waals surface area contributed by atoms with Crippen LogP contribution in [0.15, 0.2) is 54.9 Å². The second kappa shape index (κ2) is 4.91. The molecule has 5 heteroatoms. The minimum Gasteiger partial charge on any atom is -0.345 e. The van der Waals surface area contributed by atoms with Crippen molar-refractivity contribution in [1.82, 2.24) is 9.97 Å². The highest BCUT2D eigenvalue weighted by Gasteiger charge is 2.05. The Morgan fingerprint density at radius 1 is 0.950 bits per heavy atom. The summed E-state index contributed by atoms with van der Waals surface area (Å²) in [6.07, 6.45) is 1.75. The van der Waals surface area contributed by atoms with E-state index >= 15 is 0 Å². The van der Waals surface area contributed by atoms with E-state index in [9.17, 15) is 0 Å². The molecule has 0 atom stereocenters. The monoisotopic (exact) mass is 261 g/mol. The van der Waals surface area contributed by atoms with E-state index in [0.717, 1.165) is 11.0 Å². The molecule has 0 unspecified atom stereocenters. The van der Waals surface area contributed by atoms with Crippen molar-refractivity contribution in [1.29, 1.82) is 5.53 Å². The van der Waals surface area contributed by atoms with E-state index < -0.39 is 0 Å². The van der Waals surface area contributed by atoms with Crippen molar-refractivity contribution in [2.75, 3.05) is 0 Å². The average Bonchev–Trinajstić information content (AvgIpc) is 2.96. The Labute approximate surface area is 114 Å². The van der Waals surface area contributed by atoms with E-state index in [1.807, 2.05) is 0 Å². The summed E-state index contributed by atoms with van der Waals surface area (Å²) >= 11 is 0. The van der Waals surface area contributed by atoms with Gasteiger partial charge in [0.1, 0.15) is 0 Å². The van der Waals surface area contributed by atoms with Gasteiger partial charge in [0.25, 0.3) is 0 Å². The first-order chi connectivity index (χ1) is 9.85. The lowest BCUT2D eigenvalue weighted by Crippen LogP contribution is -1.79. The second-order valence-electron chi connectivity index (χ2n) is 4.35. The molecule has 5 nitrogen and oxygen atoms in total. The van der Waals surface area contributed by atoms with Crippen molar-refractivity contribution < 1.29 is 0 Å². The van der Waals surface area contributed by atoms with Gasteiger partial charge in [-0.15, -0.1) is 5.53 Å². The SMILES string of the molecule is [N-]=[N+]=N.c1ccc2c(c1)ccc1c2ccc2[nH]cnc21. The number of nitrogens with zero attached hydrogens (tertiary/aromatic N) is 3. The summed E-state index contributed by atoms with van der Waals surface area (Å²) in [5.74, 6) is 0. The normalized spacial score (nSPS) is 10.2. The zero-order valence-electron chi connectivity index (χ0n) is 10.5. The van der Waals surface area contributed by atoms with E-state index in [-0.39, 0.29) is 0 Å². The van der Waals surface area contributed by atoms with Gasteiger partial charge in [-0.2, -0.15) is 0 Å². The summed E-state index contributed by atoms with van der Waals surface area (Å²) in [4.78, 5) is 9.30. The number of rotatable bonds is 0. The second-order valence-corrected chi connectivity index (χ2v) is 4.35. The molecule has 0 spiro atoms. The highest BCUT2D eigenvalue weighted by atomic mass is 15.0. The van der Waals surface area contributed by atoms with Gasteiger partial charge in [0.05, 0.1) is 17.4 Å². The molecule has 0 aliphatic carbocycles. The van der Waals surface area contributed by atoms with Crippen LogP contribution in [-0.4, -0.2) is 9.97 Å². The number of aromatic amines is 1. The van der Waals surface area contributed by atoms with Crippen LogP contribution in [0.1, 0.15) is 0 Å². The van der Waals surface area contributed by atoms with Gasteiger partial charge in [0, 0.05) is 5.39 Å². The predicted octanol–water partition coefficient (Wildman–Crippen LogP) is 4.74. The van der Waals surface area contributed by atoms with Gasteiger partial charge < -0.3 is 4.98 Å². The fourth-order valence-electron chi connectivity index (χ4n) is 2.49. The van der Waals surface area contributed by atoms with E-state index in [1.165, 1.54) is 21.5 Å². The first-order valence-corrected chi connectivity index (χ1v) is 6.09. The van der Waals surface area contributed by atoms with Gasteiger partial charge in [-0.1, -0.05) is 42.5 Å². The van der Waals surface area contributed by atoms with E-state index in [4.69, 9.17) is 11.1 Å². The number of hydrogen-bond donors (Lipinski definition) is 2. The third-order valence-corrected chi connectivity index (χ3v) is 3.31. The number of fused-ring (bicyclic) bond motifs is 5. The molecule has 4 aromatic rings. The van der Waals surface area contributed by atoms with Crippen molar-refractivity contribution in [3.05, 3.63) is 65.3 Å². The molecule has 0 fully saturated rings. The molecule has 20 heavy (non-hydrogen) atoms. The van der Waals surface area contributed by atoms with Gasteiger partial charge >= 0.3 is 0 Å². The van der Waals surface area contributed by atoms with Crippen LogP contribution >= 0.6 is 0 Å². The van der Waals surface area contributed by atoms with Crippen LogP contribution in [0.3, 0.4) is 0 Å². The molecule has 0 aliphatic heterocycles. The molecule has 2 N–H and O–H groups in total. The van der Waals surface area contributed by atoms with Crippen molar-refractivity contribution >= 4 is 32.6 Å². The molecule has 0 radical (unpaired) electrons. The molecule has 0 saturated carbocycles. The predicted molar refractivity (Wildman–Crippen MR) is 80.5 cm³/mol. The maximum Gasteiger partial charge on any atom is 0.0961 e. The smallest absolute Gasteiger partial charge is 0.0961 e. The molecule has 1 aromatic heterocycles. The molecular formula is C15H11N5. The topological polar surface area (TPSA) is 88.9 Å². The Kier molecular flexibility index (Phi) is 2.95. The third-order valence-electron chi connectivity index (χ3n) is 3.31. The summed E-state index contributed by atoms with van der Waals surface area (Å²) in [6.45, 7) is 0. The summed E-state index contributed by atoms with van der Waals surface area (Å²) < 4.78 is 0. The highest BCUT2D eigenvalue weighted by Crippen LogP contribution is 2.29. The van der Waals surface area contributed by atoms with Crippen LogP contribution in [0.2, 0.25) is 0 Å². The van der Waals surface area contributed by atoms with Gasteiger partial charge in [0.2, 0.25) is 0 Å². The Morgan fingerprint density at radius 2 is 1.70 bits per heavy atom. The lowest BCUT2D eigenvalue weighted by molar-refractivity contribution is 1.35.